The fourth-order valence-electron chi connectivity index (χ4n) is 2.56. The SMILES string of the molecule is Cc1cccc(NC(=O)C(C)OC(=O)/C=C/c2ccc3c(c2)OCCO3)c1. The Balaban J connectivity index is 1.55. The van der Waals surface area contributed by atoms with Crippen molar-refractivity contribution in [1.29, 1.82) is 0 Å². The zero-order chi connectivity index (χ0) is 19.2. The summed E-state index contributed by atoms with van der Waals surface area (Å²) >= 11 is 0. The average Bonchev–Trinajstić information content (AvgIpc) is 2.66. The van der Waals surface area contributed by atoms with Crippen molar-refractivity contribution >= 4 is 23.6 Å². The van der Waals surface area contributed by atoms with Crippen LogP contribution in [0.2, 0.25) is 0 Å². The van der Waals surface area contributed by atoms with Gasteiger partial charge in [-0.1, -0.05) is 18.2 Å². The molecule has 2 aromatic rings. The summed E-state index contributed by atoms with van der Waals surface area (Å²) in [5.41, 5.74) is 2.46. The molecule has 1 atom stereocenters. The van der Waals surface area contributed by atoms with Gasteiger partial charge in [0, 0.05) is 11.8 Å². The number of nitrogens with one attached hydrogen (secondary N) is 1. The van der Waals surface area contributed by atoms with Crippen molar-refractivity contribution in [3.63, 3.8) is 0 Å². The van der Waals surface area contributed by atoms with E-state index in [9.17, 15) is 9.59 Å². The number of amides is 1. The molecule has 1 N–H and O–H groups in total. The molecule has 0 spiro atoms. The first kappa shape index (κ1) is 18.5. The van der Waals surface area contributed by atoms with Crippen LogP contribution in [-0.4, -0.2) is 31.2 Å². The first-order valence-electron chi connectivity index (χ1n) is 8.67. The van der Waals surface area contributed by atoms with Gasteiger partial charge in [-0.25, -0.2) is 4.79 Å². The van der Waals surface area contributed by atoms with Crippen LogP contribution < -0.4 is 14.8 Å². The second-order valence-corrected chi connectivity index (χ2v) is 6.17. The van der Waals surface area contributed by atoms with Crippen molar-refractivity contribution in [2.24, 2.45) is 0 Å². The molecular formula is C21H21NO5. The van der Waals surface area contributed by atoms with Crippen molar-refractivity contribution in [1.82, 2.24) is 0 Å². The highest BCUT2D eigenvalue weighted by Crippen LogP contribution is 2.31. The number of aryl methyl sites for hydroxylation is 1. The summed E-state index contributed by atoms with van der Waals surface area (Å²) in [6.45, 7) is 4.48. The van der Waals surface area contributed by atoms with Gasteiger partial charge >= 0.3 is 5.97 Å². The van der Waals surface area contributed by atoms with Crippen molar-refractivity contribution in [2.75, 3.05) is 18.5 Å². The molecule has 6 heteroatoms. The lowest BCUT2D eigenvalue weighted by Gasteiger charge is -2.18. The average molecular weight is 367 g/mol. The van der Waals surface area contributed by atoms with Crippen LogP contribution in [0.25, 0.3) is 6.08 Å². The second kappa shape index (κ2) is 8.40. The first-order chi connectivity index (χ1) is 13.0. The highest BCUT2D eigenvalue weighted by Gasteiger charge is 2.17. The second-order valence-electron chi connectivity index (χ2n) is 6.17. The number of ether oxygens (including phenoxy) is 3. The molecule has 1 aliphatic rings. The van der Waals surface area contributed by atoms with Gasteiger partial charge < -0.3 is 19.5 Å². The van der Waals surface area contributed by atoms with Gasteiger partial charge in [-0.3, -0.25) is 4.79 Å². The minimum absolute atomic E-state index is 0.387. The molecule has 1 amide bonds. The summed E-state index contributed by atoms with van der Waals surface area (Å²) in [4.78, 5) is 24.1. The van der Waals surface area contributed by atoms with Crippen molar-refractivity contribution in [2.45, 2.75) is 20.0 Å². The Hall–Kier alpha value is -3.28. The van der Waals surface area contributed by atoms with Crippen molar-refractivity contribution in [3.05, 3.63) is 59.7 Å². The van der Waals surface area contributed by atoms with E-state index in [0.717, 1.165) is 11.1 Å². The molecule has 27 heavy (non-hydrogen) atoms. The van der Waals surface area contributed by atoms with Gasteiger partial charge in [0.2, 0.25) is 0 Å². The molecule has 0 saturated heterocycles. The summed E-state index contributed by atoms with van der Waals surface area (Å²) in [7, 11) is 0. The molecule has 3 rings (SSSR count). The normalized spacial score (nSPS) is 13.9. The van der Waals surface area contributed by atoms with Crippen LogP contribution in [-0.2, 0) is 14.3 Å². The van der Waals surface area contributed by atoms with Gasteiger partial charge in [0.1, 0.15) is 13.2 Å². The summed E-state index contributed by atoms with van der Waals surface area (Å²) in [5.74, 6) is 0.337. The van der Waals surface area contributed by atoms with E-state index < -0.39 is 12.1 Å². The fraction of sp³-hybridized carbons (Fsp3) is 0.238. The standard InChI is InChI=1S/C21H21NO5/c1-14-4-3-5-17(12-14)22-21(24)15(2)27-20(23)9-7-16-6-8-18-19(13-16)26-11-10-25-18/h3-9,12-13,15H,10-11H2,1-2H3,(H,22,24)/b9-7+. The van der Waals surface area contributed by atoms with Gasteiger partial charge in [-0.2, -0.15) is 0 Å². The maximum absolute atomic E-state index is 12.2. The predicted molar refractivity (Wildman–Crippen MR) is 102 cm³/mol. The smallest absolute Gasteiger partial charge is 0.331 e. The molecule has 1 aliphatic heterocycles. The van der Waals surface area contributed by atoms with Crippen LogP contribution in [0.1, 0.15) is 18.1 Å². The number of rotatable bonds is 5. The Morgan fingerprint density at radius 1 is 1.11 bits per heavy atom. The lowest BCUT2D eigenvalue weighted by atomic mass is 10.2. The summed E-state index contributed by atoms with van der Waals surface area (Å²) in [6.07, 6.45) is 1.97. The number of benzene rings is 2. The Labute approximate surface area is 157 Å². The molecule has 0 radical (unpaired) electrons. The topological polar surface area (TPSA) is 73.9 Å². The Morgan fingerprint density at radius 2 is 1.89 bits per heavy atom. The third-order valence-electron chi connectivity index (χ3n) is 3.93. The zero-order valence-corrected chi connectivity index (χ0v) is 15.2. The van der Waals surface area contributed by atoms with Gasteiger partial charge in [0.25, 0.3) is 5.91 Å². The number of esters is 1. The van der Waals surface area contributed by atoms with Crippen LogP contribution in [0.3, 0.4) is 0 Å². The molecule has 0 aliphatic carbocycles. The number of anilines is 1. The molecule has 6 nitrogen and oxygen atoms in total. The molecule has 0 bridgehead atoms. The van der Waals surface area contributed by atoms with E-state index in [1.807, 2.05) is 31.2 Å². The van der Waals surface area contributed by atoms with Crippen LogP contribution in [0.15, 0.2) is 48.5 Å². The number of fused-ring (bicyclic) bond motifs is 1. The van der Waals surface area contributed by atoms with Gasteiger partial charge in [-0.15, -0.1) is 0 Å². The summed E-state index contributed by atoms with van der Waals surface area (Å²) in [5, 5.41) is 2.73. The highest BCUT2D eigenvalue weighted by molar-refractivity contribution is 5.96. The number of carbonyl (C=O) groups is 2. The summed E-state index contributed by atoms with van der Waals surface area (Å²) < 4.78 is 16.1. The molecular weight excluding hydrogens is 346 g/mol. The minimum atomic E-state index is -0.914. The maximum Gasteiger partial charge on any atom is 0.331 e. The van der Waals surface area contributed by atoms with E-state index in [1.54, 1.807) is 24.3 Å². The fourth-order valence-corrected chi connectivity index (χ4v) is 2.56. The lowest BCUT2D eigenvalue weighted by molar-refractivity contribution is -0.148. The lowest BCUT2D eigenvalue weighted by Crippen LogP contribution is -2.29. The van der Waals surface area contributed by atoms with E-state index in [-0.39, 0.29) is 5.91 Å². The van der Waals surface area contributed by atoms with Crippen LogP contribution in [0.4, 0.5) is 5.69 Å². The van der Waals surface area contributed by atoms with E-state index in [2.05, 4.69) is 5.32 Å². The monoisotopic (exact) mass is 367 g/mol. The Bertz CT molecular complexity index is 875. The van der Waals surface area contributed by atoms with Crippen molar-refractivity contribution in [3.8, 4) is 11.5 Å². The van der Waals surface area contributed by atoms with Crippen molar-refractivity contribution < 1.29 is 23.8 Å². The molecule has 2 aromatic carbocycles. The van der Waals surface area contributed by atoms with Crippen LogP contribution in [0, 0.1) is 6.92 Å². The van der Waals surface area contributed by atoms with Crippen LogP contribution in [0.5, 0.6) is 11.5 Å². The van der Waals surface area contributed by atoms with E-state index in [4.69, 9.17) is 14.2 Å². The van der Waals surface area contributed by atoms with Gasteiger partial charge in [0.05, 0.1) is 0 Å². The third-order valence-corrected chi connectivity index (χ3v) is 3.93. The minimum Gasteiger partial charge on any atom is -0.486 e. The molecule has 1 heterocycles. The summed E-state index contributed by atoms with van der Waals surface area (Å²) in [6, 6.07) is 12.8. The number of carbonyl (C=O) groups excluding carboxylic acids is 2. The first-order valence-corrected chi connectivity index (χ1v) is 8.67. The molecule has 0 aromatic heterocycles. The Kier molecular flexibility index (Phi) is 5.76. The van der Waals surface area contributed by atoms with E-state index in [1.165, 1.54) is 13.0 Å². The van der Waals surface area contributed by atoms with Gasteiger partial charge in [-0.05, 0) is 55.3 Å². The van der Waals surface area contributed by atoms with Gasteiger partial charge in [0.15, 0.2) is 17.6 Å². The number of hydrogen-bond donors (Lipinski definition) is 1. The molecule has 140 valence electrons. The predicted octanol–water partition coefficient (Wildman–Crippen LogP) is 3.35. The molecule has 0 saturated carbocycles. The Morgan fingerprint density at radius 3 is 2.67 bits per heavy atom. The quantitative estimate of drug-likeness (QED) is 0.648. The van der Waals surface area contributed by atoms with E-state index in [0.29, 0.717) is 30.4 Å². The number of hydrogen-bond acceptors (Lipinski definition) is 5. The molecule has 1 unspecified atom stereocenters. The maximum atomic E-state index is 12.2. The highest BCUT2D eigenvalue weighted by atomic mass is 16.6. The largest absolute Gasteiger partial charge is 0.486 e. The van der Waals surface area contributed by atoms with Crippen LogP contribution >= 0.6 is 0 Å². The zero-order valence-electron chi connectivity index (χ0n) is 15.2. The molecule has 0 fully saturated rings. The van der Waals surface area contributed by atoms with E-state index >= 15 is 0 Å². The third kappa shape index (κ3) is 5.10.